The van der Waals surface area contributed by atoms with E-state index in [-0.39, 0.29) is 11.7 Å². The van der Waals surface area contributed by atoms with Gasteiger partial charge in [0.25, 0.3) is 0 Å². The first-order chi connectivity index (χ1) is 14.6. The van der Waals surface area contributed by atoms with E-state index in [1.54, 1.807) is 0 Å². The maximum Gasteiger partial charge on any atom is 0.141 e. The van der Waals surface area contributed by atoms with Crippen molar-refractivity contribution in [3.63, 3.8) is 0 Å². The molecule has 4 heterocycles. The molecule has 0 radical (unpaired) electrons. The summed E-state index contributed by atoms with van der Waals surface area (Å²) in [4.78, 5) is 18.9. The third-order valence-electron chi connectivity index (χ3n) is 6.44. The minimum atomic E-state index is -0.924. The van der Waals surface area contributed by atoms with Crippen molar-refractivity contribution in [3.8, 4) is 11.8 Å². The Hall–Kier alpha value is -2.48. The summed E-state index contributed by atoms with van der Waals surface area (Å²) in [5.74, 6) is 7.02. The van der Waals surface area contributed by atoms with Gasteiger partial charge in [0, 0.05) is 43.0 Å². The normalized spacial score (nSPS) is 24.9. The largest absolute Gasteiger partial charge is 0.376 e. The van der Waals surface area contributed by atoms with Gasteiger partial charge in [-0.15, -0.1) is 0 Å². The average Bonchev–Trinajstić information content (AvgIpc) is 2.78. The lowest BCUT2D eigenvalue weighted by molar-refractivity contribution is -0.118. The Morgan fingerprint density at radius 2 is 1.97 bits per heavy atom. The Balaban J connectivity index is 1.61. The lowest BCUT2D eigenvalue weighted by Gasteiger charge is -2.47. The molecule has 3 aliphatic heterocycles. The van der Waals surface area contributed by atoms with Gasteiger partial charge in [-0.3, -0.25) is 14.7 Å². The zero-order valence-electron chi connectivity index (χ0n) is 17.7. The number of rotatable bonds is 6. The number of aromatic nitrogens is 1. The van der Waals surface area contributed by atoms with E-state index in [0.717, 1.165) is 42.9 Å². The molecule has 1 atom stereocenters. The predicted octanol–water partition coefficient (Wildman–Crippen LogP) is 3.39. The van der Waals surface area contributed by atoms with E-state index in [2.05, 4.69) is 28.9 Å². The molecule has 30 heavy (non-hydrogen) atoms. The fraction of sp³-hybridized carbons (Fsp3) is 0.462. The van der Waals surface area contributed by atoms with Gasteiger partial charge in [0.15, 0.2) is 0 Å². The summed E-state index contributed by atoms with van der Waals surface area (Å²) in [6.45, 7) is 4.68. The van der Waals surface area contributed by atoms with Gasteiger partial charge in [-0.05, 0) is 50.0 Å². The minimum absolute atomic E-state index is 0.259. The highest BCUT2D eigenvalue weighted by Crippen LogP contribution is 2.35. The number of fused-ring (bicyclic) bond motifs is 3. The molecule has 1 aromatic heterocycles. The highest BCUT2D eigenvalue weighted by atomic mass is 16.3. The summed E-state index contributed by atoms with van der Waals surface area (Å²) in [7, 11) is 0. The van der Waals surface area contributed by atoms with Crippen LogP contribution in [0.25, 0.3) is 0 Å². The van der Waals surface area contributed by atoms with Crippen LogP contribution in [0.15, 0.2) is 42.5 Å². The molecule has 3 aliphatic rings. The number of benzene rings is 1. The molecular weight excluding hydrogens is 372 g/mol. The number of pyridine rings is 1. The highest BCUT2D eigenvalue weighted by molar-refractivity contribution is 5.78. The maximum absolute atomic E-state index is 11.7. The second-order valence-electron chi connectivity index (χ2n) is 8.58. The topological polar surface area (TPSA) is 53.4 Å². The van der Waals surface area contributed by atoms with Crippen LogP contribution in [0.5, 0.6) is 0 Å². The van der Waals surface area contributed by atoms with Crippen LogP contribution in [0.4, 0.5) is 0 Å². The number of piperidine rings is 3. The Morgan fingerprint density at radius 3 is 2.63 bits per heavy atom. The van der Waals surface area contributed by atoms with E-state index in [0.29, 0.717) is 32.2 Å². The van der Waals surface area contributed by atoms with Crippen molar-refractivity contribution < 1.29 is 9.90 Å². The van der Waals surface area contributed by atoms with Crippen molar-refractivity contribution in [2.24, 2.45) is 5.92 Å². The first-order valence-electron chi connectivity index (χ1n) is 11.1. The summed E-state index contributed by atoms with van der Waals surface area (Å²) >= 11 is 0. The third-order valence-corrected chi connectivity index (χ3v) is 6.44. The number of aryl methyl sites for hydroxylation is 1. The van der Waals surface area contributed by atoms with E-state index in [1.165, 1.54) is 5.56 Å². The summed E-state index contributed by atoms with van der Waals surface area (Å²) in [6.07, 6.45) is 4.47. The number of carbonyl (C=O) groups is 1. The quantitative estimate of drug-likeness (QED) is 0.753. The summed E-state index contributed by atoms with van der Waals surface area (Å²) in [5.41, 5.74) is 2.97. The molecule has 2 bridgehead atoms. The van der Waals surface area contributed by atoms with Crippen molar-refractivity contribution >= 4 is 5.78 Å². The van der Waals surface area contributed by atoms with Crippen LogP contribution in [0.1, 0.15) is 55.1 Å². The number of carbonyl (C=O) groups excluding carboxylic acids is 1. The number of hydrogen-bond acceptors (Lipinski definition) is 4. The van der Waals surface area contributed by atoms with Crippen molar-refractivity contribution in [1.29, 1.82) is 0 Å². The smallest absolute Gasteiger partial charge is 0.141 e. The fourth-order valence-corrected chi connectivity index (χ4v) is 4.52. The SMILES string of the molecule is CCC(=O)CCc1ccc(C#CC2(O)CN3CCC2CC3)c(Cc2ccccc2)n1. The van der Waals surface area contributed by atoms with Gasteiger partial charge in [-0.1, -0.05) is 49.1 Å². The van der Waals surface area contributed by atoms with E-state index >= 15 is 0 Å². The van der Waals surface area contributed by atoms with Crippen LogP contribution >= 0.6 is 0 Å². The molecule has 0 aliphatic carbocycles. The average molecular weight is 403 g/mol. The number of aliphatic hydroxyl groups is 1. The van der Waals surface area contributed by atoms with Crippen molar-refractivity contribution in [2.75, 3.05) is 19.6 Å². The second-order valence-corrected chi connectivity index (χ2v) is 8.58. The number of hydrogen-bond donors (Lipinski definition) is 1. The number of nitrogens with zero attached hydrogens (tertiary/aromatic N) is 2. The molecule has 156 valence electrons. The summed E-state index contributed by atoms with van der Waals surface area (Å²) in [6, 6.07) is 14.2. The Labute approximate surface area is 179 Å². The van der Waals surface area contributed by atoms with E-state index in [4.69, 9.17) is 4.98 Å². The first-order valence-corrected chi connectivity index (χ1v) is 11.1. The van der Waals surface area contributed by atoms with Crippen LogP contribution in [0.2, 0.25) is 0 Å². The molecule has 0 saturated carbocycles. The van der Waals surface area contributed by atoms with Crippen LogP contribution < -0.4 is 0 Å². The Kier molecular flexibility index (Phi) is 6.32. The second kappa shape index (κ2) is 9.12. The molecule has 0 amide bonds. The standard InChI is InChI=1S/C26H30N2O2/c1-2-24(29)11-10-23-9-8-21(25(27-23)18-20-6-4-3-5-7-20)12-15-26(30)19-28-16-13-22(26)14-17-28/h3-9,22,30H,2,10-11,13-14,16-19H2,1H3. The van der Waals surface area contributed by atoms with Gasteiger partial charge in [0.2, 0.25) is 0 Å². The van der Waals surface area contributed by atoms with E-state index in [1.807, 2.05) is 37.3 Å². The summed E-state index contributed by atoms with van der Waals surface area (Å²) < 4.78 is 0. The third kappa shape index (κ3) is 4.80. The zero-order valence-corrected chi connectivity index (χ0v) is 17.7. The van der Waals surface area contributed by atoms with Gasteiger partial charge >= 0.3 is 0 Å². The molecule has 3 saturated heterocycles. The van der Waals surface area contributed by atoms with Crippen LogP contribution in [0, 0.1) is 17.8 Å². The number of Topliss-reactive ketones (excluding diaryl/α,β-unsaturated/α-hetero) is 1. The molecule has 1 aromatic carbocycles. The molecule has 2 aromatic rings. The van der Waals surface area contributed by atoms with Gasteiger partial charge in [-0.2, -0.15) is 0 Å². The molecule has 1 unspecified atom stereocenters. The van der Waals surface area contributed by atoms with Crippen molar-refractivity contribution in [2.45, 2.75) is 51.0 Å². The molecule has 1 N–H and O–H groups in total. The summed E-state index contributed by atoms with van der Waals surface area (Å²) in [5, 5.41) is 11.2. The molecule has 3 fully saturated rings. The monoisotopic (exact) mass is 402 g/mol. The fourth-order valence-electron chi connectivity index (χ4n) is 4.52. The van der Waals surface area contributed by atoms with Gasteiger partial charge < -0.3 is 5.11 Å². The zero-order chi connectivity index (χ0) is 21.0. The maximum atomic E-state index is 11.7. The Bertz CT molecular complexity index is 952. The Morgan fingerprint density at radius 1 is 1.20 bits per heavy atom. The highest BCUT2D eigenvalue weighted by Gasteiger charge is 2.44. The molecule has 0 spiro atoms. The van der Waals surface area contributed by atoms with E-state index < -0.39 is 5.60 Å². The molecule has 5 rings (SSSR count). The molecule has 4 heteroatoms. The van der Waals surface area contributed by atoms with Crippen molar-refractivity contribution in [3.05, 3.63) is 65.0 Å². The van der Waals surface area contributed by atoms with Gasteiger partial charge in [-0.25, -0.2) is 0 Å². The van der Waals surface area contributed by atoms with Crippen LogP contribution in [-0.4, -0.2) is 46.0 Å². The lowest BCUT2D eigenvalue weighted by Crippen LogP contribution is -2.58. The van der Waals surface area contributed by atoms with Gasteiger partial charge in [0.05, 0.1) is 5.69 Å². The predicted molar refractivity (Wildman–Crippen MR) is 118 cm³/mol. The van der Waals surface area contributed by atoms with Gasteiger partial charge in [0.1, 0.15) is 11.4 Å². The van der Waals surface area contributed by atoms with Crippen LogP contribution in [-0.2, 0) is 17.6 Å². The molecular formula is C26H30N2O2. The lowest BCUT2D eigenvalue weighted by atomic mass is 9.75. The number of ketones is 1. The van der Waals surface area contributed by atoms with Crippen LogP contribution in [0.3, 0.4) is 0 Å². The minimum Gasteiger partial charge on any atom is -0.376 e. The molecule has 4 nitrogen and oxygen atoms in total. The van der Waals surface area contributed by atoms with E-state index in [9.17, 15) is 9.90 Å². The first kappa shape index (κ1) is 20.8. The van der Waals surface area contributed by atoms with Crippen molar-refractivity contribution in [1.82, 2.24) is 9.88 Å².